The fourth-order valence-corrected chi connectivity index (χ4v) is 2.30. The molecule has 0 spiro atoms. The Morgan fingerprint density at radius 2 is 1.76 bits per heavy atom. The Labute approximate surface area is 142 Å². The van der Waals surface area contributed by atoms with Crippen molar-refractivity contribution in [2.24, 2.45) is 5.73 Å². The number of amides is 3. The molecule has 0 saturated carbocycles. The van der Waals surface area contributed by atoms with E-state index in [1.165, 1.54) is 12.1 Å². The summed E-state index contributed by atoms with van der Waals surface area (Å²) in [7, 11) is 0. The molecule has 0 aliphatic rings. The van der Waals surface area contributed by atoms with Crippen molar-refractivity contribution < 1.29 is 14.4 Å². The molecule has 0 saturated heterocycles. The topological polar surface area (TPSA) is 130 Å². The first kappa shape index (κ1) is 16.2. The van der Waals surface area contributed by atoms with Gasteiger partial charge in [0.05, 0.1) is 12.1 Å². The second-order valence-corrected chi connectivity index (χ2v) is 5.29. The van der Waals surface area contributed by atoms with Crippen LogP contribution in [-0.4, -0.2) is 34.5 Å². The highest BCUT2D eigenvalue weighted by molar-refractivity contribution is 6.06. The van der Waals surface area contributed by atoms with Gasteiger partial charge in [0, 0.05) is 16.6 Å². The van der Waals surface area contributed by atoms with Crippen LogP contribution in [0.2, 0.25) is 0 Å². The van der Waals surface area contributed by atoms with E-state index in [2.05, 4.69) is 20.8 Å². The number of primary amides is 1. The largest absolute Gasteiger partial charge is 0.366 e. The molecule has 126 valence electrons. The van der Waals surface area contributed by atoms with Crippen molar-refractivity contribution in [1.29, 1.82) is 0 Å². The fraction of sp³-hybridized carbons (Fsp3) is 0.0588. The lowest BCUT2D eigenvalue weighted by atomic mass is 10.2. The van der Waals surface area contributed by atoms with Crippen molar-refractivity contribution in [2.75, 3.05) is 11.9 Å². The smallest absolute Gasteiger partial charge is 0.272 e. The first-order valence-electron chi connectivity index (χ1n) is 7.45. The lowest BCUT2D eigenvalue weighted by Crippen LogP contribution is -2.33. The van der Waals surface area contributed by atoms with E-state index in [-0.39, 0.29) is 12.2 Å². The number of carbonyl (C=O) groups is 3. The number of nitrogens with two attached hydrogens (primary N) is 1. The maximum absolute atomic E-state index is 12.2. The van der Waals surface area contributed by atoms with Gasteiger partial charge in [-0.3, -0.25) is 19.5 Å². The summed E-state index contributed by atoms with van der Waals surface area (Å²) in [4.78, 5) is 35.1. The van der Waals surface area contributed by atoms with E-state index >= 15 is 0 Å². The van der Waals surface area contributed by atoms with Crippen LogP contribution in [0.3, 0.4) is 0 Å². The van der Waals surface area contributed by atoms with Gasteiger partial charge in [0.1, 0.15) is 0 Å². The zero-order valence-electron chi connectivity index (χ0n) is 13.1. The van der Waals surface area contributed by atoms with Gasteiger partial charge in [-0.15, -0.1) is 0 Å². The predicted molar refractivity (Wildman–Crippen MR) is 92.0 cm³/mol. The monoisotopic (exact) mass is 337 g/mol. The Hall–Kier alpha value is -3.68. The van der Waals surface area contributed by atoms with Crippen molar-refractivity contribution in [1.82, 2.24) is 15.5 Å². The summed E-state index contributed by atoms with van der Waals surface area (Å²) in [6.45, 7) is -0.211. The summed E-state index contributed by atoms with van der Waals surface area (Å²) in [5, 5.41) is 12.5. The minimum Gasteiger partial charge on any atom is -0.366 e. The molecule has 8 nitrogen and oxygen atoms in total. The number of nitrogens with one attached hydrogen (secondary N) is 3. The second-order valence-electron chi connectivity index (χ2n) is 5.29. The van der Waals surface area contributed by atoms with E-state index in [4.69, 9.17) is 5.73 Å². The van der Waals surface area contributed by atoms with Crippen LogP contribution in [0, 0.1) is 0 Å². The van der Waals surface area contributed by atoms with Crippen molar-refractivity contribution in [3.63, 3.8) is 0 Å². The number of nitrogens with zero attached hydrogens (tertiary/aromatic N) is 1. The molecule has 0 atom stereocenters. The van der Waals surface area contributed by atoms with E-state index in [1.807, 2.05) is 12.1 Å². The van der Waals surface area contributed by atoms with Crippen LogP contribution < -0.4 is 16.4 Å². The summed E-state index contributed by atoms with van der Waals surface area (Å²) in [6, 6.07) is 13.3. The van der Waals surface area contributed by atoms with Gasteiger partial charge in [0.15, 0.2) is 5.69 Å². The van der Waals surface area contributed by atoms with Gasteiger partial charge < -0.3 is 16.4 Å². The molecule has 0 fully saturated rings. The van der Waals surface area contributed by atoms with Crippen LogP contribution in [0.25, 0.3) is 10.9 Å². The zero-order valence-corrected chi connectivity index (χ0v) is 13.1. The summed E-state index contributed by atoms with van der Waals surface area (Å²) < 4.78 is 0. The third-order valence-electron chi connectivity index (χ3n) is 3.55. The molecular formula is C17H15N5O3. The number of fused-ring (bicyclic) bond motifs is 1. The van der Waals surface area contributed by atoms with Gasteiger partial charge in [-0.05, 0) is 30.3 Å². The molecule has 0 bridgehead atoms. The van der Waals surface area contributed by atoms with E-state index in [0.29, 0.717) is 16.6 Å². The Morgan fingerprint density at radius 1 is 1.04 bits per heavy atom. The number of H-pyrrole nitrogens is 1. The third kappa shape index (κ3) is 3.63. The predicted octanol–water partition coefficient (Wildman–Crippen LogP) is 1.03. The molecule has 0 unspecified atom stereocenters. The Kier molecular flexibility index (Phi) is 4.42. The van der Waals surface area contributed by atoms with Crippen LogP contribution in [0.1, 0.15) is 20.8 Å². The van der Waals surface area contributed by atoms with Crippen molar-refractivity contribution in [2.45, 2.75) is 0 Å². The van der Waals surface area contributed by atoms with Crippen LogP contribution in [-0.2, 0) is 4.79 Å². The molecule has 2 aromatic carbocycles. The highest BCUT2D eigenvalue weighted by Gasteiger charge is 2.14. The quantitative estimate of drug-likeness (QED) is 0.554. The highest BCUT2D eigenvalue weighted by Crippen LogP contribution is 2.14. The van der Waals surface area contributed by atoms with Gasteiger partial charge >= 0.3 is 0 Å². The fourth-order valence-electron chi connectivity index (χ4n) is 2.30. The standard InChI is InChI=1S/C17H15N5O3/c18-16(24)10-5-7-11(8-6-10)20-14(23)9-19-17(25)15-12-3-1-2-4-13(12)21-22-15/h1-8H,9H2,(H2,18,24)(H,19,25)(H,20,23)(H,21,22). The van der Waals surface area contributed by atoms with E-state index < -0.39 is 17.7 Å². The van der Waals surface area contributed by atoms with E-state index in [1.54, 1.807) is 24.3 Å². The number of para-hydroxylation sites is 1. The Morgan fingerprint density at radius 3 is 2.48 bits per heavy atom. The highest BCUT2D eigenvalue weighted by atomic mass is 16.2. The van der Waals surface area contributed by atoms with Crippen LogP contribution in [0.5, 0.6) is 0 Å². The van der Waals surface area contributed by atoms with Crippen molar-refractivity contribution >= 4 is 34.3 Å². The summed E-state index contributed by atoms with van der Waals surface area (Å²) >= 11 is 0. The number of hydrogen-bond donors (Lipinski definition) is 4. The molecule has 25 heavy (non-hydrogen) atoms. The van der Waals surface area contributed by atoms with E-state index in [9.17, 15) is 14.4 Å². The summed E-state index contributed by atoms with van der Waals surface area (Å²) in [5.74, 6) is -1.40. The molecule has 5 N–H and O–H groups in total. The zero-order chi connectivity index (χ0) is 17.8. The molecule has 3 amide bonds. The molecule has 1 aromatic heterocycles. The molecule has 8 heteroatoms. The lowest BCUT2D eigenvalue weighted by Gasteiger charge is -2.06. The number of anilines is 1. The second kappa shape index (κ2) is 6.83. The lowest BCUT2D eigenvalue weighted by molar-refractivity contribution is -0.115. The maximum Gasteiger partial charge on any atom is 0.272 e. The first-order chi connectivity index (χ1) is 12.0. The van der Waals surface area contributed by atoms with Crippen LogP contribution in [0.15, 0.2) is 48.5 Å². The number of hydrogen-bond acceptors (Lipinski definition) is 4. The third-order valence-corrected chi connectivity index (χ3v) is 3.55. The summed E-state index contributed by atoms with van der Waals surface area (Å²) in [5.41, 5.74) is 6.96. The maximum atomic E-state index is 12.2. The number of aromatic amines is 1. The molecule has 3 rings (SSSR count). The average molecular weight is 337 g/mol. The minimum atomic E-state index is -0.545. The van der Waals surface area contributed by atoms with Crippen molar-refractivity contribution in [3.8, 4) is 0 Å². The Bertz CT molecular complexity index is 946. The number of benzene rings is 2. The normalized spacial score (nSPS) is 10.4. The number of carbonyl (C=O) groups excluding carboxylic acids is 3. The molecule has 1 heterocycles. The van der Waals surface area contributed by atoms with E-state index in [0.717, 1.165) is 5.52 Å². The van der Waals surface area contributed by atoms with Gasteiger partial charge in [-0.1, -0.05) is 18.2 Å². The van der Waals surface area contributed by atoms with Gasteiger partial charge in [0.2, 0.25) is 11.8 Å². The molecule has 0 aliphatic carbocycles. The van der Waals surface area contributed by atoms with Gasteiger partial charge in [-0.2, -0.15) is 5.10 Å². The first-order valence-corrected chi connectivity index (χ1v) is 7.45. The van der Waals surface area contributed by atoms with Gasteiger partial charge in [0.25, 0.3) is 5.91 Å². The van der Waals surface area contributed by atoms with Gasteiger partial charge in [-0.25, -0.2) is 0 Å². The minimum absolute atomic E-state index is 0.211. The van der Waals surface area contributed by atoms with Crippen LogP contribution in [0.4, 0.5) is 5.69 Å². The average Bonchev–Trinajstić information content (AvgIpc) is 3.04. The number of rotatable bonds is 5. The summed E-state index contributed by atoms with van der Waals surface area (Å²) in [6.07, 6.45) is 0. The SMILES string of the molecule is NC(=O)c1ccc(NC(=O)CNC(=O)c2n[nH]c3ccccc23)cc1. The molecule has 0 radical (unpaired) electrons. The van der Waals surface area contributed by atoms with Crippen molar-refractivity contribution in [3.05, 3.63) is 59.8 Å². The molecule has 3 aromatic rings. The van der Waals surface area contributed by atoms with Crippen LogP contribution >= 0.6 is 0 Å². The number of aromatic nitrogens is 2. The molecular weight excluding hydrogens is 322 g/mol. The molecule has 0 aliphatic heterocycles. The Balaban J connectivity index is 1.58.